The number of fused-ring (bicyclic) bond motifs is 1. The van der Waals surface area contributed by atoms with E-state index in [0.717, 1.165) is 38.0 Å². The van der Waals surface area contributed by atoms with Crippen LogP contribution in [0.1, 0.15) is 42.7 Å². The van der Waals surface area contributed by atoms with Gasteiger partial charge >= 0.3 is 0 Å². The molecule has 3 N–H and O–H groups in total. The van der Waals surface area contributed by atoms with Crippen LogP contribution in [0.4, 0.5) is 0 Å². The summed E-state index contributed by atoms with van der Waals surface area (Å²) in [6.45, 7) is 4.05. The van der Waals surface area contributed by atoms with Gasteiger partial charge in [-0.2, -0.15) is 0 Å². The second kappa shape index (κ2) is 12.3. The molecule has 2 heterocycles. The molecule has 4 rings (SSSR count). The molecule has 1 amide bonds. The van der Waals surface area contributed by atoms with Crippen LogP contribution in [-0.4, -0.2) is 54.2 Å². The van der Waals surface area contributed by atoms with Crippen molar-refractivity contribution in [1.82, 2.24) is 15.2 Å². The Morgan fingerprint density at radius 3 is 2.83 bits per heavy atom. The number of amides is 1. The first-order valence-corrected chi connectivity index (χ1v) is 12.4. The van der Waals surface area contributed by atoms with Gasteiger partial charge in [-0.3, -0.25) is 4.79 Å². The van der Waals surface area contributed by atoms with E-state index in [0.29, 0.717) is 18.2 Å². The molecule has 0 radical (unpaired) electrons. The third-order valence-electron chi connectivity index (χ3n) is 6.70. The van der Waals surface area contributed by atoms with Crippen molar-refractivity contribution >= 4 is 22.9 Å². The number of hydrogen-bond acceptors (Lipinski definition) is 4. The van der Waals surface area contributed by atoms with Crippen LogP contribution in [0.3, 0.4) is 0 Å². The molecule has 0 spiro atoms. The zero-order chi connectivity index (χ0) is 24.5. The monoisotopic (exact) mass is 473 g/mol. The van der Waals surface area contributed by atoms with Crippen LogP contribution >= 0.6 is 0 Å². The van der Waals surface area contributed by atoms with Crippen molar-refractivity contribution in [2.45, 2.75) is 31.6 Å². The number of piperidine rings is 1. The van der Waals surface area contributed by atoms with Crippen molar-refractivity contribution in [2.24, 2.45) is 0 Å². The van der Waals surface area contributed by atoms with E-state index >= 15 is 0 Å². The molecule has 0 atom stereocenters. The van der Waals surface area contributed by atoms with Gasteiger partial charge in [0.05, 0.1) is 7.11 Å². The number of carbonyl (C=O) groups excluding carboxylic acids is 1. The third-order valence-corrected chi connectivity index (χ3v) is 6.70. The lowest BCUT2D eigenvalue weighted by Gasteiger charge is -2.32. The summed E-state index contributed by atoms with van der Waals surface area (Å²) in [5.41, 5.74) is 3.58. The van der Waals surface area contributed by atoms with Crippen LogP contribution in [0.5, 0.6) is 11.5 Å². The molecule has 1 aliphatic rings. The minimum absolute atomic E-state index is 0.0857. The standard InChI is InChI=1S/C29H35N3O3/c1-35-28-20-22(12-13-27(28)33)8-2-5-11-29(34)30-16-6-7-17-32-18-14-23(15-19-32)25-21-31-26-10-4-3-9-24(25)26/h2-5,8-13,20-21,23,31,33H,6-7,14-19H2,1H3,(H,30,34)/b8-2+,11-5+. The summed E-state index contributed by atoms with van der Waals surface area (Å²) >= 11 is 0. The van der Waals surface area contributed by atoms with E-state index in [1.807, 2.05) is 6.08 Å². The van der Waals surface area contributed by atoms with E-state index < -0.39 is 0 Å². The predicted octanol–water partition coefficient (Wildman–Crippen LogP) is 5.23. The molecule has 0 bridgehead atoms. The summed E-state index contributed by atoms with van der Waals surface area (Å²) in [5, 5.41) is 14.0. The largest absolute Gasteiger partial charge is 0.504 e. The minimum Gasteiger partial charge on any atom is -0.504 e. The predicted molar refractivity (Wildman–Crippen MR) is 142 cm³/mol. The van der Waals surface area contributed by atoms with E-state index in [1.165, 1.54) is 42.5 Å². The number of phenolic OH excluding ortho intramolecular Hbond substituents is 1. The molecule has 6 nitrogen and oxygen atoms in total. The molecule has 1 aromatic heterocycles. The fourth-order valence-electron chi connectivity index (χ4n) is 4.74. The number of aromatic nitrogens is 1. The first-order chi connectivity index (χ1) is 17.1. The zero-order valence-electron chi connectivity index (χ0n) is 20.4. The highest BCUT2D eigenvalue weighted by atomic mass is 16.5. The average molecular weight is 474 g/mol. The van der Waals surface area contributed by atoms with Gasteiger partial charge in [0.2, 0.25) is 5.91 Å². The van der Waals surface area contributed by atoms with Crippen molar-refractivity contribution in [1.29, 1.82) is 0 Å². The summed E-state index contributed by atoms with van der Waals surface area (Å²) in [7, 11) is 1.51. The van der Waals surface area contributed by atoms with Crippen molar-refractivity contribution < 1.29 is 14.6 Å². The number of nitrogens with zero attached hydrogens (tertiary/aromatic N) is 1. The fraction of sp³-hybridized carbons (Fsp3) is 0.345. The Kier molecular flexibility index (Phi) is 8.63. The minimum atomic E-state index is -0.0857. The maximum Gasteiger partial charge on any atom is 0.243 e. The number of allylic oxidation sites excluding steroid dienone is 2. The molecule has 35 heavy (non-hydrogen) atoms. The number of phenols is 1. The van der Waals surface area contributed by atoms with Gasteiger partial charge in [0.1, 0.15) is 0 Å². The van der Waals surface area contributed by atoms with Crippen molar-refractivity contribution in [3.05, 3.63) is 78.0 Å². The van der Waals surface area contributed by atoms with Crippen LogP contribution < -0.4 is 10.1 Å². The number of aromatic amines is 1. The van der Waals surface area contributed by atoms with Gasteiger partial charge in [-0.25, -0.2) is 0 Å². The molecule has 1 fully saturated rings. The molecular weight excluding hydrogens is 438 g/mol. The first kappa shape index (κ1) is 24.6. The van der Waals surface area contributed by atoms with Crippen LogP contribution in [0.2, 0.25) is 0 Å². The number of hydrogen-bond donors (Lipinski definition) is 3. The lowest BCUT2D eigenvalue weighted by Crippen LogP contribution is -2.34. The molecule has 3 aromatic rings. The topological polar surface area (TPSA) is 77.6 Å². The number of H-pyrrole nitrogens is 1. The van der Waals surface area contributed by atoms with Gasteiger partial charge in [0, 0.05) is 29.7 Å². The number of unbranched alkanes of at least 4 members (excludes halogenated alkanes) is 1. The van der Waals surface area contributed by atoms with E-state index in [1.54, 1.807) is 30.4 Å². The summed E-state index contributed by atoms with van der Waals surface area (Å²) in [6, 6.07) is 13.7. The number of para-hydroxylation sites is 1. The molecule has 0 unspecified atom stereocenters. The number of methoxy groups -OCH3 is 1. The van der Waals surface area contributed by atoms with Crippen LogP contribution in [0.25, 0.3) is 17.0 Å². The Morgan fingerprint density at radius 1 is 1.17 bits per heavy atom. The molecule has 0 aliphatic carbocycles. The lowest BCUT2D eigenvalue weighted by molar-refractivity contribution is -0.116. The summed E-state index contributed by atoms with van der Waals surface area (Å²) in [5.74, 6) is 1.08. The Balaban J connectivity index is 1.09. The van der Waals surface area contributed by atoms with Gasteiger partial charge in [-0.15, -0.1) is 0 Å². The van der Waals surface area contributed by atoms with Crippen LogP contribution in [0, 0.1) is 0 Å². The Morgan fingerprint density at radius 2 is 2.00 bits per heavy atom. The highest BCUT2D eigenvalue weighted by Crippen LogP contribution is 2.33. The second-order valence-corrected chi connectivity index (χ2v) is 9.05. The smallest absolute Gasteiger partial charge is 0.243 e. The maximum atomic E-state index is 12.0. The third kappa shape index (κ3) is 6.76. The number of benzene rings is 2. The molecule has 2 aromatic carbocycles. The Hall–Kier alpha value is -3.51. The van der Waals surface area contributed by atoms with Crippen LogP contribution in [-0.2, 0) is 4.79 Å². The normalized spacial score (nSPS) is 15.3. The van der Waals surface area contributed by atoms with E-state index in [9.17, 15) is 9.90 Å². The maximum absolute atomic E-state index is 12.0. The van der Waals surface area contributed by atoms with Crippen molar-refractivity contribution in [2.75, 3.05) is 33.3 Å². The number of ether oxygens (including phenoxy) is 1. The summed E-state index contributed by atoms with van der Waals surface area (Å²) in [6.07, 6.45) is 13.6. The number of rotatable bonds is 10. The highest BCUT2D eigenvalue weighted by molar-refractivity contribution is 5.87. The molecular formula is C29H35N3O3. The molecule has 0 saturated carbocycles. The van der Waals surface area contributed by atoms with Gasteiger partial charge in [-0.05, 0) is 80.6 Å². The van der Waals surface area contributed by atoms with E-state index in [-0.39, 0.29) is 11.7 Å². The highest BCUT2D eigenvalue weighted by Gasteiger charge is 2.22. The fourth-order valence-corrected chi connectivity index (χ4v) is 4.74. The zero-order valence-corrected chi connectivity index (χ0v) is 20.4. The first-order valence-electron chi connectivity index (χ1n) is 12.4. The van der Waals surface area contributed by atoms with Crippen molar-refractivity contribution in [3.63, 3.8) is 0 Å². The van der Waals surface area contributed by atoms with Gasteiger partial charge in [0.15, 0.2) is 11.5 Å². The lowest BCUT2D eigenvalue weighted by atomic mass is 9.89. The molecule has 1 aliphatic heterocycles. The molecule has 1 saturated heterocycles. The van der Waals surface area contributed by atoms with Gasteiger partial charge in [-0.1, -0.05) is 42.5 Å². The van der Waals surface area contributed by atoms with E-state index in [2.05, 4.69) is 45.7 Å². The quantitative estimate of drug-likeness (QED) is 0.214. The van der Waals surface area contributed by atoms with E-state index in [4.69, 9.17) is 4.74 Å². The summed E-state index contributed by atoms with van der Waals surface area (Å²) in [4.78, 5) is 18.0. The Labute approximate surface area is 207 Å². The van der Waals surface area contributed by atoms with Gasteiger partial charge < -0.3 is 25.0 Å². The average Bonchev–Trinajstić information content (AvgIpc) is 3.32. The van der Waals surface area contributed by atoms with Crippen LogP contribution in [0.15, 0.2) is 66.9 Å². The number of aromatic hydroxyl groups is 1. The van der Waals surface area contributed by atoms with Gasteiger partial charge in [0.25, 0.3) is 0 Å². The number of carbonyl (C=O) groups is 1. The summed E-state index contributed by atoms with van der Waals surface area (Å²) < 4.78 is 5.10. The molecule has 184 valence electrons. The number of likely N-dealkylation sites (tertiary alicyclic amines) is 1. The Bertz CT molecular complexity index is 1170. The molecule has 6 heteroatoms. The van der Waals surface area contributed by atoms with Crippen molar-refractivity contribution in [3.8, 4) is 11.5 Å². The number of nitrogens with one attached hydrogen (secondary N) is 2. The second-order valence-electron chi connectivity index (χ2n) is 9.05. The SMILES string of the molecule is COc1cc(/C=C/C=C/C(=O)NCCCCN2CCC(c3c[nH]c4ccccc34)CC2)ccc1O.